The zero-order valence-corrected chi connectivity index (χ0v) is 21.8. The minimum atomic E-state index is -5.08. The Kier molecular flexibility index (Phi) is 12.7. The number of aliphatic carboxylic acids is 2. The maximum absolute atomic E-state index is 10.6. The van der Waals surface area contributed by atoms with E-state index in [2.05, 4.69) is 35.8 Å². The van der Waals surface area contributed by atoms with Crippen molar-refractivity contribution in [1.29, 1.82) is 5.26 Å². The summed E-state index contributed by atoms with van der Waals surface area (Å²) in [6.45, 7) is 9.95. The van der Waals surface area contributed by atoms with Crippen LogP contribution in [-0.4, -0.2) is 89.7 Å². The van der Waals surface area contributed by atoms with E-state index in [9.17, 15) is 26.3 Å². The highest BCUT2D eigenvalue weighted by Gasteiger charge is 2.46. The number of rotatable bonds is 5. The fourth-order valence-corrected chi connectivity index (χ4v) is 4.69. The van der Waals surface area contributed by atoms with Gasteiger partial charge in [-0.1, -0.05) is 12.1 Å². The normalized spacial score (nSPS) is 19.5. The lowest BCUT2D eigenvalue weighted by atomic mass is 9.76. The number of nitrogens with zero attached hydrogens (tertiary/aromatic N) is 3. The summed E-state index contributed by atoms with van der Waals surface area (Å²) in [6.07, 6.45) is -6.35. The Morgan fingerprint density at radius 2 is 1.62 bits per heavy atom. The van der Waals surface area contributed by atoms with Crippen molar-refractivity contribution >= 4 is 11.9 Å². The van der Waals surface area contributed by atoms with Crippen molar-refractivity contribution in [2.24, 2.45) is 5.41 Å². The van der Waals surface area contributed by atoms with Gasteiger partial charge in [0, 0.05) is 32.3 Å². The number of carbonyl (C=O) groups is 2. The molecule has 1 atom stereocenters. The highest BCUT2D eigenvalue weighted by Crippen LogP contribution is 2.44. The first kappa shape index (κ1) is 34.1. The average molecular weight is 570 g/mol. The van der Waals surface area contributed by atoms with Gasteiger partial charge in [0.2, 0.25) is 0 Å². The summed E-state index contributed by atoms with van der Waals surface area (Å²) < 4.78 is 69.0. The quantitative estimate of drug-likeness (QED) is 0.497. The van der Waals surface area contributed by atoms with Crippen LogP contribution in [0.5, 0.6) is 0 Å². The predicted molar refractivity (Wildman–Crippen MR) is 128 cm³/mol. The summed E-state index contributed by atoms with van der Waals surface area (Å²) >= 11 is 0. The number of halogens is 6. The van der Waals surface area contributed by atoms with Gasteiger partial charge in [0.05, 0.1) is 18.2 Å². The zero-order chi connectivity index (χ0) is 30.0. The van der Waals surface area contributed by atoms with Gasteiger partial charge in [-0.05, 0) is 69.3 Å². The lowest BCUT2D eigenvalue weighted by Gasteiger charge is -2.39. The van der Waals surface area contributed by atoms with Crippen LogP contribution < -0.4 is 0 Å². The first-order valence-corrected chi connectivity index (χ1v) is 12.0. The number of piperidine rings is 1. The van der Waals surface area contributed by atoms with Gasteiger partial charge in [-0.15, -0.1) is 0 Å². The molecule has 2 N–H and O–H groups in total. The number of methoxy groups -OCH3 is 1. The minimum Gasteiger partial charge on any atom is -0.475 e. The molecule has 39 heavy (non-hydrogen) atoms. The number of ether oxygens (including phenoxy) is 1. The van der Waals surface area contributed by atoms with Crippen LogP contribution in [0, 0.1) is 16.7 Å². The molecule has 2 aliphatic heterocycles. The van der Waals surface area contributed by atoms with Gasteiger partial charge in [-0.3, -0.25) is 9.80 Å². The maximum Gasteiger partial charge on any atom is 0.490 e. The van der Waals surface area contributed by atoms with Gasteiger partial charge in [0.25, 0.3) is 0 Å². The van der Waals surface area contributed by atoms with Crippen LogP contribution in [0.3, 0.4) is 0 Å². The van der Waals surface area contributed by atoms with E-state index in [1.165, 1.54) is 31.4 Å². The Morgan fingerprint density at radius 1 is 1.10 bits per heavy atom. The molecule has 0 radical (unpaired) electrons. The van der Waals surface area contributed by atoms with Crippen molar-refractivity contribution in [2.45, 2.75) is 64.1 Å². The van der Waals surface area contributed by atoms with E-state index in [0.29, 0.717) is 17.5 Å². The van der Waals surface area contributed by atoms with Crippen molar-refractivity contribution in [3.8, 4) is 6.07 Å². The average Bonchev–Trinajstić information content (AvgIpc) is 3.19. The third-order valence-electron chi connectivity index (χ3n) is 6.54. The van der Waals surface area contributed by atoms with E-state index in [1.807, 2.05) is 25.3 Å². The molecule has 220 valence electrons. The standard InChI is InChI=1S/C21H31N3O.2C2HF3O2/c1-17(2)24-16-21(12-20(24)15-25-3)7-9-23(10-8-21)14-19-6-4-5-18(11-19)13-22;2*3-2(4,5)1(6)7/h4-6,11,17,20H,7-10,12,14-16H2,1-3H3;2*(H,6,7). The van der Waals surface area contributed by atoms with Gasteiger partial charge < -0.3 is 14.9 Å². The summed E-state index contributed by atoms with van der Waals surface area (Å²) in [5, 5.41) is 23.3. The molecule has 2 fully saturated rings. The maximum atomic E-state index is 10.6. The summed E-state index contributed by atoms with van der Waals surface area (Å²) in [6, 6.07) is 11.4. The molecule has 0 aliphatic carbocycles. The summed E-state index contributed by atoms with van der Waals surface area (Å²) in [5.74, 6) is -5.51. The van der Waals surface area contributed by atoms with E-state index >= 15 is 0 Å². The number of carboxylic acid groups (broad SMARTS) is 2. The highest BCUT2D eigenvalue weighted by atomic mass is 19.4. The van der Waals surface area contributed by atoms with Crippen LogP contribution in [0.15, 0.2) is 24.3 Å². The van der Waals surface area contributed by atoms with Crippen LogP contribution in [0.2, 0.25) is 0 Å². The molecule has 1 aromatic carbocycles. The SMILES string of the molecule is COCC1CC2(CCN(Cc3cccc(C#N)c3)CC2)CN1C(C)C.O=C(O)C(F)(F)F.O=C(O)C(F)(F)F. The minimum absolute atomic E-state index is 0.471. The van der Waals surface area contributed by atoms with E-state index in [-0.39, 0.29) is 0 Å². The summed E-state index contributed by atoms with van der Waals surface area (Å²) in [5.41, 5.74) is 2.48. The van der Waals surface area contributed by atoms with Gasteiger partial charge in [0.1, 0.15) is 0 Å². The molecule has 8 nitrogen and oxygen atoms in total. The third-order valence-corrected chi connectivity index (χ3v) is 6.54. The monoisotopic (exact) mass is 569 g/mol. The molecule has 1 unspecified atom stereocenters. The number of carboxylic acids is 2. The van der Waals surface area contributed by atoms with E-state index < -0.39 is 24.3 Å². The van der Waals surface area contributed by atoms with Gasteiger partial charge in [-0.2, -0.15) is 31.6 Å². The van der Waals surface area contributed by atoms with Gasteiger partial charge in [-0.25, -0.2) is 9.59 Å². The van der Waals surface area contributed by atoms with E-state index in [4.69, 9.17) is 29.8 Å². The summed E-state index contributed by atoms with van der Waals surface area (Å²) in [7, 11) is 1.82. The molecule has 1 aromatic rings. The largest absolute Gasteiger partial charge is 0.490 e. The number of alkyl halides is 6. The second kappa shape index (κ2) is 14.5. The number of hydrogen-bond donors (Lipinski definition) is 2. The zero-order valence-electron chi connectivity index (χ0n) is 21.8. The molecule has 0 amide bonds. The highest BCUT2D eigenvalue weighted by molar-refractivity contribution is 5.73. The molecule has 14 heteroatoms. The molecule has 2 saturated heterocycles. The number of likely N-dealkylation sites (tertiary alicyclic amines) is 2. The van der Waals surface area contributed by atoms with Crippen LogP contribution in [0.25, 0.3) is 0 Å². The van der Waals surface area contributed by atoms with Crippen LogP contribution >= 0.6 is 0 Å². The van der Waals surface area contributed by atoms with Crippen molar-refractivity contribution in [3.63, 3.8) is 0 Å². The molecular weight excluding hydrogens is 536 g/mol. The van der Waals surface area contributed by atoms with Crippen molar-refractivity contribution < 1.29 is 50.9 Å². The number of nitriles is 1. The molecule has 2 aliphatic rings. The first-order valence-electron chi connectivity index (χ1n) is 12.0. The van der Waals surface area contributed by atoms with Gasteiger partial charge >= 0.3 is 24.3 Å². The van der Waals surface area contributed by atoms with Crippen molar-refractivity contribution in [2.75, 3.05) is 33.4 Å². The van der Waals surface area contributed by atoms with Crippen LogP contribution in [-0.2, 0) is 20.9 Å². The Morgan fingerprint density at radius 3 is 2.03 bits per heavy atom. The topological polar surface area (TPSA) is 114 Å². The van der Waals surface area contributed by atoms with E-state index in [0.717, 1.165) is 31.8 Å². The fraction of sp³-hybridized carbons (Fsp3) is 0.640. The Bertz CT molecular complexity index is 962. The van der Waals surface area contributed by atoms with Crippen LogP contribution in [0.1, 0.15) is 44.2 Å². The fourth-order valence-electron chi connectivity index (χ4n) is 4.69. The molecule has 0 aromatic heterocycles. The Hall–Kier alpha value is -2.89. The second-order valence-electron chi connectivity index (χ2n) is 9.77. The lowest BCUT2D eigenvalue weighted by molar-refractivity contribution is -0.193. The Labute approximate surface area is 222 Å². The third kappa shape index (κ3) is 11.4. The lowest BCUT2D eigenvalue weighted by Crippen LogP contribution is -2.42. The van der Waals surface area contributed by atoms with Crippen LogP contribution in [0.4, 0.5) is 26.3 Å². The molecule has 0 bridgehead atoms. The molecule has 3 rings (SSSR count). The van der Waals surface area contributed by atoms with Crippen molar-refractivity contribution in [1.82, 2.24) is 9.80 Å². The smallest absolute Gasteiger partial charge is 0.475 e. The van der Waals surface area contributed by atoms with Crippen molar-refractivity contribution in [3.05, 3.63) is 35.4 Å². The second-order valence-corrected chi connectivity index (χ2v) is 9.77. The molecule has 1 spiro atoms. The molecular formula is C25H33F6N3O5. The molecule has 2 heterocycles. The predicted octanol–water partition coefficient (Wildman–Crippen LogP) is 4.54. The van der Waals surface area contributed by atoms with Gasteiger partial charge in [0.15, 0.2) is 0 Å². The summed E-state index contributed by atoms with van der Waals surface area (Å²) in [4.78, 5) is 23.0. The number of hydrogen-bond acceptors (Lipinski definition) is 6. The Balaban J connectivity index is 0.000000449. The van der Waals surface area contributed by atoms with E-state index in [1.54, 1.807) is 0 Å². The molecule has 0 saturated carbocycles. The first-order chi connectivity index (χ1) is 17.9. The number of benzene rings is 1.